The first-order valence-corrected chi connectivity index (χ1v) is 9.55. The SMILES string of the molecule is O=C(CSc1ccc(-c2ccc([N+](=O)[O-])cc2)nn1)Nc1ccc(OC(F)(F)F)cc1. The number of thioether (sulfide) groups is 1. The van der Waals surface area contributed by atoms with Gasteiger partial charge in [0.15, 0.2) is 0 Å². The number of aromatic nitrogens is 2. The number of carbonyl (C=O) groups is 1. The molecule has 0 saturated carbocycles. The quantitative estimate of drug-likeness (QED) is 0.316. The van der Waals surface area contributed by atoms with Crippen molar-refractivity contribution in [2.45, 2.75) is 11.4 Å². The molecule has 8 nitrogen and oxygen atoms in total. The predicted octanol–water partition coefficient (Wildman–Crippen LogP) is 4.68. The average Bonchev–Trinajstić information content (AvgIpc) is 2.73. The van der Waals surface area contributed by atoms with Gasteiger partial charge in [-0.2, -0.15) is 0 Å². The van der Waals surface area contributed by atoms with Crippen LogP contribution in [0.15, 0.2) is 65.7 Å². The largest absolute Gasteiger partial charge is 0.573 e. The molecule has 1 heterocycles. The summed E-state index contributed by atoms with van der Waals surface area (Å²) in [7, 11) is 0. The first kappa shape index (κ1) is 22.0. The van der Waals surface area contributed by atoms with Gasteiger partial charge in [0, 0.05) is 23.4 Å². The lowest BCUT2D eigenvalue weighted by molar-refractivity contribution is -0.384. The van der Waals surface area contributed by atoms with E-state index in [4.69, 9.17) is 0 Å². The highest BCUT2D eigenvalue weighted by molar-refractivity contribution is 7.99. The smallest absolute Gasteiger partial charge is 0.406 e. The van der Waals surface area contributed by atoms with E-state index in [1.807, 2.05) is 0 Å². The average molecular weight is 450 g/mol. The highest BCUT2D eigenvalue weighted by atomic mass is 32.2. The lowest BCUT2D eigenvalue weighted by Crippen LogP contribution is -2.17. The Labute approximate surface area is 177 Å². The van der Waals surface area contributed by atoms with Crippen LogP contribution in [0.1, 0.15) is 0 Å². The van der Waals surface area contributed by atoms with Gasteiger partial charge >= 0.3 is 6.36 Å². The van der Waals surface area contributed by atoms with E-state index in [1.54, 1.807) is 24.3 Å². The van der Waals surface area contributed by atoms with Gasteiger partial charge in [0.05, 0.1) is 16.4 Å². The highest BCUT2D eigenvalue weighted by Gasteiger charge is 2.30. The normalized spacial score (nSPS) is 11.1. The predicted molar refractivity (Wildman–Crippen MR) is 107 cm³/mol. The number of ether oxygens (including phenoxy) is 1. The minimum absolute atomic E-state index is 0.00631. The van der Waals surface area contributed by atoms with Crippen molar-refractivity contribution in [1.82, 2.24) is 10.2 Å². The van der Waals surface area contributed by atoms with Gasteiger partial charge in [-0.1, -0.05) is 11.8 Å². The number of nitrogens with one attached hydrogen (secondary N) is 1. The number of nitro benzene ring substituents is 1. The van der Waals surface area contributed by atoms with Crippen molar-refractivity contribution in [1.29, 1.82) is 0 Å². The van der Waals surface area contributed by atoms with Gasteiger partial charge in [-0.3, -0.25) is 14.9 Å². The van der Waals surface area contributed by atoms with Gasteiger partial charge in [0.1, 0.15) is 10.8 Å². The molecule has 0 aliphatic carbocycles. The monoisotopic (exact) mass is 450 g/mol. The first-order valence-electron chi connectivity index (χ1n) is 8.57. The molecule has 0 unspecified atom stereocenters. The molecule has 3 rings (SSSR count). The summed E-state index contributed by atoms with van der Waals surface area (Å²) in [6.45, 7) is 0. The standard InChI is InChI=1S/C19H13F3N4O4S/c20-19(21,22)30-15-7-3-13(4-8-15)23-17(27)11-31-18-10-9-16(24-25-18)12-1-5-14(6-2-12)26(28)29/h1-10H,11H2,(H,23,27). The van der Waals surface area contributed by atoms with Crippen molar-refractivity contribution in [3.05, 3.63) is 70.8 Å². The second-order valence-electron chi connectivity index (χ2n) is 5.97. The summed E-state index contributed by atoms with van der Waals surface area (Å²) < 4.78 is 40.2. The van der Waals surface area contributed by atoms with Crippen LogP contribution in [0.4, 0.5) is 24.5 Å². The molecule has 0 radical (unpaired) electrons. The molecule has 0 aliphatic rings. The van der Waals surface area contributed by atoms with Gasteiger partial charge in [-0.15, -0.1) is 23.4 Å². The first-order chi connectivity index (χ1) is 14.7. The maximum Gasteiger partial charge on any atom is 0.573 e. The summed E-state index contributed by atoms with van der Waals surface area (Å²) >= 11 is 1.12. The molecule has 2 aromatic carbocycles. The van der Waals surface area contributed by atoms with Crippen LogP contribution < -0.4 is 10.1 Å². The number of hydrogen-bond donors (Lipinski definition) is 1. The molecule has 1 amide bonds. The van der Waals surface area contributed by atoms with Crippen molar-refractivity contribution < 1.29 is 27.6 Å². The van der Waals surface area contributed by atoms with E-state index < -0.39 is 11.3 Å². The Morgan fingerprint density at radius 3 is 2.26 bits per heavy atom. The Kier molecular flexibility index (Phi) is 6.70. The number of amides is 1. The minimum Gasteiger partial charge on any atom is -0.406 e. The lowest BCUT2D eigenvalue weighted by Gasteiger charge is -2.10. The summed E-state index contributed by atoms with van der Waals surface area (Å²) in [5.41, 5.74) is 1.47. The van der Waals surface area contributed by atoms with E-state index in [0.29, 0.717) is 22.0 Å². The number of benzene rings is 2. The van der Waals surface area contributed by atoms with Gasteiger partial charge in [-0.05, 0) is 48.5 Å². The molecule has 0 bridgehead atoms. The van der Waals surface area contributed by atoms with Crippen LogP contribution in [0.5, 0.6) is 5.75 Å². The summed E-state index contributed by atoms with van der Waals surface area (Å²) in [4.78, 5) is 22.2. The van der Waals surface area contributed by atoms with E-state index in [9.17, 15) is 28.1 Å². The molecule has 160 valence electrons. The molecule has 0 spiro atoms. The molecule has 0 saturated heterocycles. The van der Waals surface area contributed by atoms with E-state index in [1.165, 1.54) is 24.3 Å². The molecule has 1 N–H and O–H groups in total. The lowest BCUT2D eigenvalue weighted by atomic mass is 10.1. The maximum atomic E-state index is 12.1. The number of rotatable bonds is 7. The molecule has 31 heavy (non-hydrogen) atoms. The van der Waals surface area contributed by atoms with Crippen LogP contribution in [0.3, 0.4) is 0 Å². The number of nitro groups is 1. The zero-order chi connectivity index (χ0) is 22.4. The fraction of sp³-hybridized carbons (Fsp3) is 0.105. The van der Waals surface area contributed by atoms with E-state index in [-0.39, 0.29) is 23.1 Å². The molecule has 0 fully saturated rings. The Balaban J connectivity index is 1.51. The Bertz CT molecular complexity index is 1060. The molecule has 0 atom stereocenters. The summed E-state index contributed by atoms with van der Waals surface area (Å²) in [6.07, 6.45) is -4.78. The van der Waals surface area contributed by atoms with Gasteiger partial charge in [-0.25, -0.2) is 0 Å². The highest BCUT2D eigenvalue weighted by Crippen LogP contribution is 2.25. The van der Waals surface area contributed by atoms with E-state index in [2.05, 4.69) is 20.3 Å². The zero-order valence-corrected chi connectivity index (χ0v) is 16.3. The van der Waals surface area contributed by atoms with Crippen molar-refractivity contribution in [3.63, 3.8) is 0 Å². The van der Waals surface area contributed by atoms with Crippen molar-refractivity contribution in [3.8, 4) is 17.0 Å². The van der Waals surface area contributed by atoms with Crippen LogP contribution in [0.25, 0.3) is 11.3 Å². The summed E-state index contributed by atoms with van der Waals surface area (Å²) in [5.74, 6) is -0.759. The van der Waals surface area contributed by atoms with Gasteiger partial charge < -0.3 is 10.1 Å². The topological polar surface area (TPSA) is 107 Å². The van der Waals surface area contributed by atoms with Crippen LogP contribution in [0.2, 0.25) is 0 Å². The second kappa shape index (κ2) is 9.43. The number of nitrogens with zero attached hydrogens (tertiary/aromatic N) is 3. The van der Waals surface area contributed by atoms with Crippen LogP contribution in [-0.4, -0.2) is 33.1 Å². The minimum atomic E-state index is -4.78. The second-order valence-corrected chi connectivity index (χ2v) is 6.97. The number of alkyl halides is 3. The third-order valence-electron chi connectivity index (χ3n) is 3.74. The van der Waals surface area contributed by atoms with Crippen molar-refractivity contribution in [2.75, 3.05) is 11.1 Å². The molecule has 3 aromatic rings. The van der Waals surface area contributed by atoms with Crippen LogP contribution in [-0.2, 0) is 4.79 Å². The number of non-ortho nitro benzene ring substituents is 1. The van der Waals surface area contributed by atoms with Gasteiger partial charge in [0.25, 0.3) is 5.69 Å². The third kappa shape index (κ3) is 6.67. The van der Waals surface area contributed by atoms with E-state index >= 15 is 0 Å². The van der Waals surface area contributed by atoms with Gasteiger partial charge in [0.2, 0.25) is 5.91 Å². The fourth-order valence-corrected chi connectivity index (χ4v) is 3.00. The molecule has 12 heteroatoms. The van der Waals surface area contributed by atoms with Crippen LogP contribution in [0, 0.1) is 10.1 Å². The molecule has 0 aliphatic heterocycles. The summed E-state index contributed by atoms with van der Waals surface area (Å²) in [5, 5.41) is 21.8. The van der Waals surface area contributed by atoms with Crippen molar-refractivity contribution in [2.24, 2.45) is 0 Å². The van der Waals surface area contributed by atoms with Crippen molar-refractivity contribution >= 4 is 29.0 Å². The number of carbonyl (C=O) groups excluding carboxylic acids is 1. The van der Waals surface area contributed by atoms with Crippen LogP contribution >= 0.6 is 11.8 Å². The Morgan fingerprint density at radius 1 is 1.03 bits per heavy atom. The molecular formula is C19H13F3N4O4S. The fourth-order valence-electron chi connectivity index (χ4n) is 2.38. The zero-order valence-electron chi connectivity index (χ0n) is 15.5. The molecular weight excluding hydrogens is 437 g/mol. The Hall–Kier alpha value is -3.67. The number of halogens is 3. The Morgan fingerprint density at radius 2 is 1.71 bits per heavy atom. The molecule has 1 aromatic heterocycles. The number of hydrogen-bond acceptors (Lipinski definition) is 7. The van der Waals surface area contributed by atoms with E-state index in [0.717, 1.165) is 23.9 Å². The number of anilines is 1. The maximum absolute atomic E-state index is 12.1. The summed E-state index contributed by atoms with van der Waals surface area (Å²) in [6, 6.07) is 14.0. The third-order valence-corrected chi connectivity index (χ3v) is 4.66.